The Morgan fingerprint density at radius 2 is 1.07 bits per heavy atom. The fourth-order valence-corrected chi connectivity index (χ4v) is 0.854. The van der Waals surface area contributed by atoms with Crippen LogP contribution in [0.25, 0.3) is 0 Å². The van der Waals surface area contributed by atoms with Gasteiger partial charge in [-0.3, -0.25) is 0 Å². The van der Waals surface area contributed by atoms with Gasteiger partial charge in [0.25, 0.3) is 0 Å². The first kappa shape index (κ1) is 16.2. The van der Waals surface area contributed by atoms with E-state index in [0.29, 0.717) is 0 Å². The summed E-state index contributed by atoms with van der Waals surface area (Å²) in [6, 6.07) is 0. The van der Waals surface area contributed by atoms with Crippen molar-refractivity contribution in [3.63, 3.8) is 0 Å². The van der Waals surface area contributed by atoms with Crippen LogP contribution in [0.1, 0.15) is 52.4 Å². The van der Waals surface area contributed by atoms with E-state index in [1.165, 1.54) is 38.5 Å². The quantitative estimate of drug-likeness (QED) is 0.453. The zero-order valence-electron chi connectivity index (χ0n) is 8.96. The van der Waals surface area contributed by atoms with Crippen LogP contribution < -0.4 is 0 Å². The molecule has 0 nitrogen and oxygen atoms in total. The molecule has 0 N–H and O–H groups in total. The second-order valence-corrected chi connectivity index (χ2v) is 3.16. The summed E-state index contributed by atoms with van der Waals surface area (Å²) in [5, 5.41) is 0. The van der Waals surface area contributed by atoms with E-state index in [-0.39, 0.29) is 0 Å². The fourth-order valence-electron chi connectivity index (χ4n) is 0.854. The number of hydrogen-bond acceptors (Lipinski definition) is 0. The van der Waals surface area contributed by atoms with Crippen LogP contribution in [-0.2, 0) is 0 Å². The number of halogens is 4. The molecule has 0 spiro atoms. The predicted molar refractivity (Wildman–Crippen MR) is 51.1 cm³/mol. The van der Waals surface area contributed by atoms with E-state index >= 15 is 0 Å². The van der Waals surface area contributed by atoms with Gasteiger partial charge >= 0.3 is 6.18 Å². The van der Waals surface area contributed by atoms with Crippen LogP contribution in [0, 0.1) is 0 Å². The largest absolute Gasteiger partial charge is 0.416 e. The standard InChI is InChI=1S/C8H18.C2H2F4/c1-3-5-7-8-6-4-2;3-1-2(4,5)6/h3-8H2,1-2H3;1H2. The summed E-state index contributed by atoms with van der Waals surface area (Å²) in [5.74, 6) is 0. The van der Waals surface area contributed by atoms with Crippen molar-refractivity contribution in [2.75, 3.05) is 6.67 Å². The molecule has 0 aromatic carbocycles. The summed E-state index contributed by atoms with van der Waals surface area (Å²) in [4.78, 5) is 0. The lowest BCUT2D eigenvalue weighted by Gasteiger charge is -1.93. The Hall–Kier alpha value is -0.280. The van der Waals surface area contributed by atoms with E-state index in [0.717, 1.165) is 0 Å². The molecule has 0 fully saturated rings. The van der Waals surface area contributed by atoms with Gasteiger partial charge in [0.1, 0.15) is 0 Å². The zero-order chi connectivity index (χ0) is 11.4. The van der Waals surface area contributed by atoms with Gasteiger partial charge in [-0.05, 0) is 0 Å². The molecule has 0 aromatic heterocycles. The summed E-state index contributed by atoms with van der Waals surface area (Å²) in [7, 11) is 0. The van der Waals surface area contributed by atoms with Gasteiger partial charge in [-0.1, -0.05) is 52.4 Å². The highest BCUT2D eigenvalue weighted by atomic mass is 19.4. The molecule has 0 rings (SSSR count). The summed E-state index contributed by atoms with van der Waals surface area (Å²) >= 11 is 0. The van der Waals surface area contributed by atoms with Crippen LogP contribution in [0.3, 0.4) is 0 Å². The minimum Gasteiger partial charge on any atom is -0.241 e. The molecule has 0 saturated heterocycles. The van der Waals surface area contributed by atoms with Crippen LogP contribution in [0.15, 0.2) is 0 Å². The molecule has 0 aromatic rings. The molecule has 0 aliphatic rings. The van der Waals surface area contributed by atoms with Crippen molar-refractivity contribution in [2.45, 2.75) is 58.5 Å². The molecule has 4 heteroatoms. The van der Waals surface area contributed by atoms with Crippen molar-refractivity contribution in [2.24, 2.45) is 0 Å². The average Bonchev–Trinajstić information content (AvgIpc) is 2.13. The van der Waals surface area contributed by atoms with Crippen LogP contribution >= 0.6 is 0 Å². The van der Waals surface area contributed by atoms with E-state index in [4.69, 9.17) is 0 Å². The van der Waals surface area contributed by atoms with Crippen molar-refractivity contribution < 1.29 is 17.6 Å². The molecule has 88 valence electrons. The minimum absolute atomic E-state index is 1.36. The van der Waals surface area contributed by atoms with Gasteiger partial charge in [0.05, 0.1) is 0 Å². The third-order valence-corrected chi connectivity index (χ3v) is 1.61. The lowest BCUT2D eigenvalue weighted by atomic mass is 10.1. The molecule has 0 saturated carbocycles. The van der Waals surface area contributed by atoms with Crippen LogP contribution in [0.4, 0.5) is 17.6 Å². The second-order valence-electron chi connectivity index (χ2n) is 3.16. The third kappa shape index (κ3) is 22.6. The molecular weight excluding hydrogens is 196 g/mol. The lowest BCUT2D eigenvalue weighted by Crippen LogP contribution is -2.08. The van der Waals surface area contributed by atoms with Gasteiger partial charge in [-0.25, -0.2) is 4.39 Å². The fraction of sp³-hybridized carbons (Fsp3) is 1.00. The smallest absolute Gasteiger partial charge is 0.241 e. The van der Waals surface area contributed by atoms with Crippen molar-refractivity contribution >= 4 is 0 Å². The Bertz CT molecular complexity index is 92.8. The van der Waals surface area contributed by atoms with E-state index < -0.39 is 12.9 Å². The second kappa shape index (κ2) is 10.8. The van der Waals surface area contributed by atoms with Gasteiger partial charge in [-0.15, -0.1) is 0 Å². The van der Waals surface area contributed by atoms with Crippen LogP contribution in [-0.4, -0.2) is 12.9 Å². The Balaban J connectivity index is 0. The minimum atomic E-state index is -4.62. The molecular formula is C10H20F4. The Kier molecular flexibility index (Phi) is 12.5. The van der Waals surface area contributed by atoms with Crippen molar-refractivity contribution in [3.8, 4) is 0 Å². The zero-order valence-corrected chi connectivity index (χ0v) is 8.96. The SMILES string of the molecule is CCCCCCCC.FCC(F)(F)F. The van der Waals surface area contributed by atoms with Gasteiger partial charge in [-0.2, -0.15) is 13.2 Å². The van der Waals surface area contributed by atoms with Gasteiger partial charge in [0.15, 0.2) is 6.67 Å². The maximum Gasteiger partial charge on any atom is 0.416 e. The molecule has 0 amide bonds. The van der Waals surface area contributed by atoms with E-state index in [1.54, 1.807) is 0 Å². The molecule has 0 unspecified atom stereocenters. The van der Waals surface area contributed by atoms with E-state index in [9.17, 15) is 17.6 Å². The van der Waals surface area contributed by atoms with Crippen molar-refractivity contribution in [3.05, 3.63) is 0 Å². The molecule has 0 radical (unpaired) electrons. The Labute approximate surface area is 83.7 Å². The first-order valence-corrected chi connectivity index (χ1v) is 5.10. The molecule has 0 heterocycles. The molecule has 14 heavy (non-hydrogen) atoms. The summed E-state index contributed by atoms with van der Waals surface area (Å²) in [6.07, 6.45) is 3.86. The molecule has 0 atom stereocenters. The Morgan fingerprint density at radius 1 is 0.786 bits per heavy atom. The van der Waals surface area contributed by atoms with Crippen molar-refractivity contribution in [1.29, 1.82) is 0 Å². The number of alkyl halides is 4. The molecule has 0 bridgehead atoms. The number of unbranched alkanes of at least 4 members (excludes halogenated alkanes) is 5. The predicted octanol–water partition coefficient (Wildman–Crippen LogP) is 4.89. The highest BCUT2D eigenvalue weighted by molar-refractivity contribution is 4.40. The Morgan fingerprint density at radius 3 is 1.21 bits per heavy atom. The van der Waals surface area contributed by atoms with Crippen LogP contribution in [0.2, 0.25) is 0 Å². The molecule has 0 aliphatic carbocycles. The topological polar surface area (TPSA) is 0 Å². The van der Waals surface area contributed by atoms with Gasteiger partial charge < -0.3 is 0 Å². The van der Waals surface area contributed by atoms with Gasteiger partial charge in [0.2, 0.25) is 0 Å². The molecule has 0 aliphatic heterocycles. The summed E-state index contributed by atoms with van der Waals surface area (Å²) < 4.78 is 41.6. The normalized spacial score (nSPS) is 10.7. The number of rotatable bonds is 5. The number of hydrogen-bond donors (Lipinski definition) is 0. The monoisotopic (exact) mass is 216 g/mol. The third-order valence-electron chi connectivity index (χ3n) is 1.61. The maximum atomic E-state index is 10.4. The average molecular weight is 216 g/mol. The maximum absolute atomic E-state index is 10.4. The highest BCUT2D eigenvalue weighted by Crippen LogP contribution is 2.13. The first-order valence-electron chi connectivity index (χ1n) is 5.10. The van der Waals surface area contributed by atoms with E-state index in [2.05, 4.69) is 13.8 Å². The van der Waals surface area contributed by atoms with E-state index in [1.807, 2.05) is 0 Å². The van der Waals surface area contributed by atoms with Crippen molar-refractivity contribution in [1.82, 2.24) is 0 Å². The lowest BCUT2D eigenvalue weighted by molar-refractivity contribution is -0.142. The summed E-state index contributed by atoms with van der Waals surface area (Å²) in [6.45, 7) is 2.28. The highest BCUT2D eigenvalue weighted by Gasteiger charge is 2.26. The van der Waals surface area contributed by atoms with Gasteiger partial charge in [0, 0.05) is 0 Å². The van der Waals surface area contributed by atoms with Crippen LogP contribution in [0.5, 0.6) is 0 Å². The first-order chi connectivity index (χ1) is 6.47. The summed E-state index contributed by atoms with van der Waals surface area (Å²) in [5.41, 5.74) is 0.